The standard InChI is InChI=1S/C21H17FN2O2/c22-17-10-8-15(9-11-17)19-13-23-20(26-19)14-24-21(18-7-4-12-25-18)16-5-2-1-3-6-16/h1-13,21,24H,14H2/p+1/t21-/m0/s1. The number of rotatable bonds is 6. The summed E-state index contributed by atoms with van der Waals surface area (Å²) in [5, 5.41) is 2.12. The van der Waals surface area contributed by atoms with E-state index < -0.39 is 0 Å². The fourth-order valence-electron chi connectivity index (χ4n) is 2.92. The third kappa shape index (κ3) is 3.58. The molecular formula is C21H18FN2O2+. The van der Waals surface area contributed by atoms with E-state index in [0.29, 0.717) is 18.2 Å². The van der Waals surface area contributed by atoms with E-state index in [1.807, 2.05) is 30.3 Å². The molecule has 4 nitrogen and oxygen atoms in total. The average Bonchev–Trinajstić information content (AvgIpc) is 3.36. The fraction of sp³-hybridized carbons (Fsp3) is 0.0952. The Bertz CT molecular complexity index is 947. The lowest BCUT2D eigenvalue weighted by molar-refractivity contribution is -0.706. The number of hydrogen-bond acceptors (Lipinski definition) is 3. The summed E-state index contributed by atoms with van der Waals surface area (Å²) in [5.74, 6) is 1.84. The van der Waals surface area contributed by atoms with Crippen molar-refractivity contribution in [3.05, 3.63) is 102 Å². The summed E-state index contributed by atoms with van der Waals surface area (Å²) >= 11 is 0. The number of aromatic nitrogens is 1. The summed E-state index contributed by atoms with van der Waals surface area (Å²) < 4.78 is 24.5. The first-order valence-electron chi connectivity index (χ1n) is 8.42. The van der Waals surface area contributed by atoms with Crippen molar-refractivity contribution >= 4 is 0 Å². The van der Waals surface area contributed by atoms with Gasteiger partial charge in [-0.1, -0.05) is 30.3 Å². The van der Waals surface area contributed by atoms with E-state index in [9.17, 15) is 4.39 Å². The Morgan fingerprint density at radius 3 is 2.50 bits per heavy atom. The molecule has 4 aromatic rings. The molecule has 0 amide bonds. The van der Waals surface area contributed by atoms with Crippen LogP contribution >= 0.6 is 0 Å². The molecule has 26 heavy (non-hydrogen) atoms. The van der Waals surface area contributed by atoms with Gasteiger partial charge in [-0.2, -0.15) is 0 Å². The second-order valence-electron chi connectivity index (χ2n) is 5.97. The lowest BCUT2D eigenvalue weighted by atomic mass is 10.0. The van der Waals surface area contributed by atoms with Crippen molar-refractivity contribution in [1.82, 2.24) is 4.98 Å². The molecule has 1 atom stereocenters. The van der Waals surface area contributed by atoms with Gasteiger partial charge in [0.05, 0.1) is 12.5 Å². The van der Waals surface area contributed by atoms with E-state index in [1.54, 1.807) is 24.6 Å². The quantitative estimate of drug-likeness (QED) is 0.574. The van der Waals surface area contributed by atoms with E-state index in [0.717, 1.165) is 16.9 Å². The van der Waals surface area contributed by atoms with Gasteiger partial charge in [0.2, 0.25) is 0 Å². The second-order valence-corrected chi connectivity index (χ2v) is 5.97. The molecule has 0 aliphatic rings. The highest BCUT2D eigenvalue weighted by Gasteiger charge is 2.21. The van der Waals surface area contributed by atoms with Crippen LogP contribution in [0.15, 0.2) is 88.0 Å². The molecule has 2 heterocycles. The number of benzene rings is 2. The monoisotopic (exact) mass is 349 g/mol. The van der Waals surface area contributed by atoms with Gasteiger partial charge in [-0.15, -0.1) is 0 Å². The van der Waals surface area contributed by atoms with E-state index in [2.05, 4.69) is 22.4 Å². The maximum Gasteiger partial charge on any atom is 0.250 e. The maximum absolute atomic E-state index is 13.1. The van der Waals surface area contributed by atoms with Crippen LogP contribution in [0.4, 0.5) is 4.39 Å². The van der Waals surface area contributed by atoms with Crippen molar-refractivity contribution in [1.29, 1.82) is 0 Å². The molecule has 0 saturated carbocycles. The number of quaternary nitrogens is 1. The normalized spacial score (nSPS) is 12.2. The van der Waals surface area contributed by atoms with Crippen LogP contribution in [0, 0.1) is 5.82 Å². The molecule has 0 aliphatic carbocycles. The molecule has 0 fully saturated rings. The lowest BCUT2D eigenvalue weighted by Crippen LogP contribution is -2.83. The molecule has 2 N–H and O–H groups in total. The van der Waals surface area contributed by atoms with Crippen molar-refractivity contribution in [2.24, 2.45) is 0 Å². The maximum atomic E-state index is 13.1. The first-order chi connectivity index (χ1) is 12.8. The number of nitrogens with two attached hydrogens (primary N) is 1. The highest BCUT2D eigenvalue weighted by molar-refractivity contribution is 5.55. The summed E-state index contributed by atoms with van der Waals surface area (Å²) in [6.45, 7) is 0.557. The van der Waals surface area contributed by atoms with Gasteiger partial charge in [-0.25, -0.2) is 9.37 Å². The van der Waals surface area contributed by atoms with Crippen LogP contribution in [0.3, 0.4) is 0 Å². The summed E-state index contributed by atoms with van der Waals surface area (Å²) in [6, 6.07) is 20.2. The summed E-state index contributed by atoms with van der Waals surface area (Å²) in [5.41, 5.74) is 1.95. The van der Waals surface area contributed by atoms with Gasteiger partial charge in [0.25, 0.3) is 5.89 Å². The van der Waals surface area contributed by atoms with Crippen LogP contribution in [0.5, 0.6) is 0 Å². The van der Waals surface area contributed by atoms with Crippen molar-refractivity contribution < 1.29 is 18.5 Å². The van der Waals surface area contributed by atoms with E-state index in [4.69, 9.17) is 8.83 Å². The van der Waals surface area contributed by atoms with Gasteiger partial charge in [0, 0.05) is 11.1 Å². The Kier molecular flexibility index (Phi) is 4.62. The van der Waals surface area contributed by atoms with Crippen LogP contribution in [0.1, 0.15) is 23.3 Å². The van der Waals surface area contributed by atoms with Crippen molar-refractivity contribution in [3.63, 3.8) is 0 Å². The molecule has 4 rings (SSSR count). The van der Waals surface area contributed by atoms with Crippen molar-refractivity contribution in [3.8, 4) is 11.3 Å². The van der Waals surface area contributed by atoms with Gasteiger partial charge in [-0.05, 0) is 36.4 Å². The molecule has 2 aromatic carbocycles. The molecule has 0 saturated heterocycles. The minimum absolute atomic E-state index is 0.0207. The zero-order chi connectivity index (χ0) is 17.8. The SMILES string of the molecule is Fc1ccc(-c2cnc(C[NH2+][C@@H](c3ccccc3)c3ccco3)o2)cc1. The first-order valence-corrected chi connectivity index (χ1v) is 8.42. The Labute approximate surface area is 150 Å². The molecule has 0 spiro atoms. The predicted octanol–water partition coefficient (Wildman–Crippen LogP) is 3.93. The van der Waals surface area contributed by atoms with Gasteiger partial charge < -0.3 is 14.2 Å². The average molecular weight is 349 g/mol. The van der Waals surface area contributed by atoms with E-state index in [1.165, 1.54) is 12.1 Å². The molecule has 5 heteroatoms. The minimum atomic E-state index is -0.272. The van der Waals surface area contributed by atoms with Gasteiger partial charge in [0.15, 0.2) is 24.1 Å². The highest BCUT2D eigenvalue weighted by Crippen LogP contribution is 2.21. The molecular weight excluding hydrogens is 331 g/mol. The number of oxazole rings is 1. The smallest absolute Gasteiger partial charge is 0.250 e. The molecule has 2 aromatic heterocycles. The first kappa shape index (κ1) is 16.3. The van der Waals surface area contributed by atoms with Crippen LogP contribution < -0.4 is 5.32 Å². The topological polar surface area (TPSA) is 55.8 Å². The van der Waals surface area contributed by atoms with Crippen LogP contribution in [-0.2, 0) is 6.54 Å². The third-order valence-corrected chi connectivity index (χ3v) is 4.22. The second kappa shape index (κ2) is 7.37. The predicted molar refractivity (Wildman–Crippen MR) is 94.5 cm³/mol. The van der Waals surface area contributed by atoms with E-state index in [-0.39, 0.29) is 11.9 Å². The zero-order valence-corrected chi connectivity index (χ0v) is 14.0. The molecule has 130 valence electrons. The Morgan fingerprint density at radius 1 is 0.962 bits per heavy atom. The van der Waals surface area contributed by atoms with Gasteiger partial charge in [0.1, 0.15) is 5.82 Å². The Hall–Kier alpha value is -3.18. The Balaban J connectivity index is 1.51. The summed E-state index contributed by atoms with van der Waals surface area (Å²) in [4.78, 5) is 4.34. The van der Waals surface area contributed by atoms with Crippen LogP contribution in [0.2, 0.25) is 0 Å². The van der Waals surface area contributed by atoms with Crippen molar-refractivity contribution in [2.75, 3.05) is 0 Å². The highest BCUT2D eigenvalue weighted by atomic mass is 19.1. The summed E-state index contributed by atoms with van der Waals surface area (Å²) in [7, 11) is 0. The Morgan fingerprint density at radius 2 is 1.77 bits per heavy atom. The zero-order valence-electron chi connectivity index (χ0n) is 14.0. The molecule has 0 radical (unpaired) electrons. The van der Waals surface area contributed by atoms with Crippen molar-refractivity contribution in [2.45, 2.75) is 12.6 Å². The number of hydrogen-bond donors (Lipinski definition) is 1. The number of halogens is 1. The van der Waals surface area contributed by atoms with Gasteiger partial charge >= 0.3 is 0 Å². The molecule has 0 unspecified atom stereocenters. The third-order valence-electron chi connectivity index (χ3n) is 4.22. The minimum Gasteiger partial charge on any atom is -0.463 e. The van der Waals surface area contributed by atoms with Crippen LogP contribution in [0.25, 0.3) is 11.3 Å². The molecule has 0 bridgehead atoms. The van der Waals surface area contributed by atoms with E-state index >= 15 is 0 Å². The fourth-order valence-corrected chi connectivity index (χ4v) is 2.92. The largest absolute Gasteiger partial charge is 0.463 e. The van der Waals surface area contributed by atoms with Crippen LogP contribution in [-0.4, -0.2) is 4.98 Å². The number of furan rings is 1. The molecule has 0 aliphatic heterocycles. The lowest BCUT2D eigenvalue weighted by Gasteiger charge is -2.12. The number of nitrogens with zero attached hydrogens (tertiary/aromatic N) is 1. The summed E-state index contributed by atoms with van der Waals surface area (Å²) in [6.07, 6.45) is 3.34. The van der Waals surface area contributed by atoms with Gasteiger partial charge in [-0.3, -0.25) is 0 Å².